The van der Waals surface area contributed by atoms with Crippen molar-refractivity contribution in [2.24, 2.45) is 0 Å². The number of hydrogen-bond donors (Lipinski definition) is 0. The lowest BCUT2D eigenvalue weighted by molar-refractivity contribution is 0.391. The molecule has 3 heteroatoms. The fourth-order valence-electron chi connectivity index (χ4n) is 3.63. The first-order valence-corrected chi connectivity index (χ1v) is 11.6. The molecule has 0 fully saturated rings. The number of rotatable bonds is 4. The van der Waals surface area contributed by atoms with Crippen LogP contribution in [0.4, 0.5) is 0 Å². The Morgan fingerprint density at radius 2 is 1.67 bits per heavy atom. The normalized spacial score (nSPS) is 21.0. The second-order valence-corrected chi connectivity index (χ2v) is 13.4. The topological polar surface area (TPSA) is 18.5 Å². The van der Waals surface area contributed by atoms with Gasteiger partial charge in [0.2, 0.25) is 0 Å². The predicted molar refractivity (Wildman–Crippen MR) is 107 cm³/mol. The van der Waals surface area contributed by atoms with E-state index in [1.165, 1.54) is 16.3 Å². The number of allylic oxidation sites excluding steroid dienone is 4. The maximum atomic E-state index is 5.96. The van der Waals surface area contributed by atoms with Crippen molar-refractivity contribution in [3.63, 3.8) is 0 Å². The lowest BCUT2D eigenvalue weighted by atomic mass is 9.86. The van der Waals surface area contributed by atoms with E-state index in [1.54, 1.807) is 14.2 Å². The number of methoxy groups -OCH3 is 2. The molecule has 0 aliphatic heterocycles. The van der Waals surface area contributed by atoms with Gasteiger partial charge in [0, 0.05) is 10.6 Å². The zero-order chi connectivity index (χ0) is 18.3. The molecule has 1 aliphatic carbocycles. The van der Waals surface area contributed by atoms with E-state index < -0.39 is 8.07 Å². The SMILES string of the molecule is COc1cc(C(C)(C)C)c(OC)c([Si](C)(C)C2(C)C=CC=C2C)c1. The molecule has 132 valence electrons. The van der Waals surface area contributed by atoms with Crippen molar-refractivity contribution >= 4 is 13.3 Å². The highest BCUT2D eigenvalue weighted by Crippen LogP contribution is 2.50. The molecule has 0 heterocycles. The van der Waals surface area contributed by atoms with Gasteiger partial charge in [0.15, 0.2) is 0 Å². The highest BCUT2D eigenvalue weighted by molar-refractivity contribution is 6.94. The first-order valence-electron chi connectivity index (χ1n) is 8.62. The Labute approximate surface area is 148 Å². The minimum atomic E-state index is -1.92. The van der Waals surface area contributed by atoms with E-state index in [1.807, 2.05) is 0 Å². The summed E-state index contributed by atoms with van der Waals surface area (Å²) in [5.41, 5.74) is 2.64. The van der Waals surface area contributed by atoms with Crippen LogP contribution in [0.25, 0.3) is 0 Å². The molecule has 0 amide bonds. The monoisotopic (exact) mass is 344 g/mol. The van der Waals surface area contributed by atoms with Crippen molar-refractivity contribution in [2.45, 2.75) is 58.2 Å². The summed E-state index contributed by atoms with van der Waals surface area (Å²) >= 11 is 0. The van der Waals surface area contributed by atoms with Gasteiger partial charge in [-0.3, -0.25) is 0 Å². The van der Waals surface area contributed by atoms with Crippen LogP contribution in [-0.2, 0) is 5.41 Å². The second-order valence-electron chi connectivity index (χ2n) is 8.54. The van der Waals surface area contributed by atoms with E-state index in [-0.39, 0.29) is 10.5 Å². The van der Waals surface area contributed by atoms with Crippen molar-refractivity contribution in [1.82, 2.24) is 0 Å². The van der Waals surface area contributed by atoms with E-state index in [9.17, 15) is 0 Å². The van der Waals surface area contributed by atoms with Crippen LogP contribution in [0, 0.1) is 0 Å². The van der Waals surface area contributed by atoms with Gasteiger partial charge in [-0.25, -0.2) is 0 Å². The van der Waals surface area contributed by atoms with Gasteiger partial charge in [-0.15, -0.1) is 0 Å². The lowest BCUT2D eigenvalue weighted by Crippen LogP contribution is -2.52. The standard InChI is InChI=1S/C21H32O2Si/c1-15-11-10-12-21(15,5)24(8,9)18-14-16(22-6)13-17(19(18)23-7)20(2,3)4/h10-14H,1-9H3. The van der Waals surface area contributed by atoms with Crippen LogP contribution in [0.1, 0.15) is 40.2 Å². The van der Waals surface area contributed by atoms with Crippen molar-refractivity contribution in [1.29, 1.82) is 0 Å². The third-order valence-corrected chi connectivity index (χ3v) is 10.8. The van der Waals surface area contributed by atoms with Crippen molar-refractivity contribution in [3.05, 3.63) is 41.5 Å². The number of hydrogen-bond acceptors (Lipinski definition) is 2. The molecular weight excluding hydrogens is 312 g/mol. The van der Waals surface area contributed by atoms with Gasteiger partial charge in [-0.2, -0.15) is 0 Å². The molecule has 0 saturated heterocycles. The Bertz CT molecular complexity index is 693. The third-order valence-electron chi connectivity index (χ3n) is 5.88. The van der Waals surface area contributed by atoms with Crippen molar-refractivity contribution < 1.29 is 9.47 Å². The van der Waals surface area contributed by atoms with Gasteiger partial charge in [0.1, 0.15) is 11.5 Å². The Balaban J connectivity index is 2.78. The quantitative estimate of drug-likeness (QED) is 0.700. The Morgan fingerprint density at radius 3 is 2.08 bits per heavy atom. The molecule has 1 aromatic rings. The minimum absolute atomic E-state index is 0.00355. The molecule has 0 spiro atoms. The first kappa shape index (κ1) is 18.8. The predicted octanol–water partition coefficient (Wildman–Crippen LogP) is 5.19. The fourth-order valence-corrected chi connectivity index (χ4v) is 7.08. The number of benzene rings is 1. The molecule has 0 bridgehead atoms. The molecule has 1 unspecified atom stereocenters. The summed E-state index contributed by atoms with van der Waals surface area (Å²) in [6.45, 7) is 16.2. The van der Waals surface area contributed by atoms with Crippen LogP contribution in [0.5, 0.6) is 11.5 Å². The van der Waals surface area contributed by atoms with Crippen molar-refractivity contribution in [3.8, 4) is 11.5 Å². The van der Waals surface area contributed by atoms with E-state index >= 15 is 0 Å². The maximum absolute atomic E-state index is 5.96. The summed E-state index contributed by atoms with van der Waals surface area (Å²) in [6.07, 6.45) is 6.80. The zero-order valence-corrected chi connectivity index (χ0v) is 17.7. The van der Waals surface area contributed by atoms with Crippen molar-refractivity contribution in [2.75, 3.05) is 14.2 Å². The van der Waals surface area contributed by atoms with Crippen LogP contribution < -0.4 is 14.7 Å². The Morgan fingerprint density at radius 1 is 1.04 bits per heavy atom. The van der Waals surface area contributed by atoms with Crippen LogP contribution >= 0.6 is 0 Å². The molecular formula is C21H32O2Si. The molecule has 1 atom stereocenters. The molecule has 2 rings (SSSR count). The van der Waals surface area contributed by atoms with Gasteiger partial charge in [0.05, 0.1) is 22.3 Å². The lowest BCUT2D eigenvalue weighted by Gasteiger charge is -2.42. The van der Waals surface area contributed by atoms with Gasteiger partial charge in [0.25, 0.3) is 0 Å². The third kappa shape index (κ3) is 2.83. The summed E-state index contributed by atoms with van der Waals surface area (Å²) < 4.78 is 11.6. The van der Waals surface area contributed by atoms with E-state index in [4.69, 9.17) is 9.47 Å². The van der Waals surface area contributed by atoms with Crippen LogP contribution in [0.3, 0.4) is 0 Å². The van der Waals surface area contributed by atoms with Gasteiger partial charge in [-0.05, 0) is 29.7 Å². The maximum Gasteiger partial charge on any atom is 0.122 e. The van der Waals surface area contributed by atoms with E-state index in [2.05, 4.69) is 78.1 Å². The molecule has 1 aromatic carbocycles. The molecule has 1 aliphatic rings. The summed E-state index contributed by atoms with van der Waals surface area (Å²) in [7, 11) is 1.62. The summed E-state index contributed by atoms with van der Waals surface area (Å²) in [5, 5.41) is 1.41. The Hall–Kier alpha value is -1.48. The average Bonchev–Trinajstić information content (AvgIpc) is 2.86. The average molecular weight is 345 g/mol. The highest BCUT2D eigenvalue weighted by Gasteiger charge is 2.47. The smallest absolute Gasteiger partial charge is 0.122 e. The van der Waals surface area contributed by atoms with Crippen LogP contribution in [0.2, 0.25) is 18.1 Å². The van der Waals surface area contributed by atoms with E-state index in [0.29, 0.717) is 0 Å². The summed E-state index contributed by atoms with van der Waals surface area (Å²) in [4.78, 5) is 0. The van der Waals surface area contributed by atoms with Gasteiger partial charge in [-0.1, -0.05) is 64.6 Å². The Kier molecular flexibility index (Phi) is 4.80. The minimum Gasteiger partial charge on any atom is -0.497 e. The summed E-state index contributed by atoms with van der Waals surface area (Å²) in [5.74, 6) is 1.96. The van der Waals surface area contributed by atoms with Crippen LogP contribution in [0.15, 0.2) is 35.9 Å². The molecule has 0 aromatic heterocycles. The second kappa shape index (κ2) is 6.11. The van der Waals surface area contributed by atoms with Gasteiger partial charge >= 0.3 is 0 Å². The van der Waals surface area contributed by atoms with Gasteiger partial charge < -0.3 is 9.47 Å². The number of ether oxygens (including phenoxy) is 2. The summed E-state index contributed by atoms with van der Waals surface area (Å²) in [6, 6.07) is 4.33. The molecule has 0 N–H and O–H groups in total. The van der Waals surface area contributed by atoms with Crippen LogP contribution in [-0.4, -0.2) is 22.3 Å². The molecule has 0 radical (unpaired) electrons. The fraction of sp³-hybridized carbons (Fsp3) is 0.524. The zero-order valence-electron chi connectivity index (χ0n) is 16.7. The van der Waals surface area contributed by atoms with E-state index in [0.717, 1.165) is 11.5 Å². The molecule has 24 heavy (non-hydrogen) atoms. The first-order chi connectivity index (χ1) is 11.0. The largest absolute Gasteiger partial charge is 0.497 e. The molecule has 0 saturated carbocycles. The highest BCUT2D eigenvalue weighted by atomic mass is 28.3. The molecule has 2 nitrogen and oxygen atoms in total.